The predicted molar refractivity (Wildman–Crippen MR) is 71.9 cm³/mol. The van der Waals surface area contributed by atoms with E-state index in [1.807, 2.05) is 24.3 Å². The van der Waals surface area contributed by atoms with Gasteiger partial charge in [-0.15, -0.1) is 0 Å². The summed E-state index contributed by atoms with van der Waals surface area (Å²) in [6.45, 7) is 0. The number of hydrogen-bond donors (Lipinski definition) is 2. The van der Waals surface area contributed by atoms with Crippen LogP contribution in [0.25, 0.3) is 0 Å². The van der Waals surface area contributed by atoms with Crippen LogP contribution < -0.4 is 5.32 Å². The Kier molecular flexibility index (Phi) is 4.42. The number of carboxylic acid groups (broad SMARTS) is 1. The number of amides is 1. The van der Waals surface area contributed by atoms with Crippen molar-refractivity contribution >= 4 is 28.0 Å². The minimum atomic E-state index is -1.11. The maximum atomic E-state index is 11.1. The summed E-state index contributed by atoms with van der Waals surface area (Å²) in [6, 6.07) is 7.21. The van der Waals surface area contributed by atoms with E-state index in [0.717, 1.165) is 10.0 Å². The van der Waals surface area contributed by atoms with Gasteiger partial charge in [0.15, 0.2) is 0 Å². The fraction of sp³-hybridized carbons (Fsp3) is 0.385. The van der Waals surface area contributed by atoms with Gasteiger partial charge in [0.05, 0.1) is 6.04 Å². The standard InChI is InChI=1S/C13H14BrNO4/c14-9-3-1-8(2-4-9)7-10(15-13(17)18)11-5-6-12(16)19-11/h1-4,10-11,15H,5-7H2,(H,17,18)/t10-,11-/m0/s1. The number of carbonyl (C=O) groups is 2. The van der Waals surface area contributed by atoms with Gasteiger partial charge >= 0.3 is 12.1 Å². The molecule has 2 N–H and O–H groups in total. The van der Waals surface area contributed by atoms with Crippen LogP contribution in [-0.2, 0) is 16.0 Å². The molecule has 6 heteroatoms. The lowest BCUT2D eigenvalue weighted by Gasteiger charge is -2.22. The molecule has 0 aromatic heterocycles. The fourth-order valence-electron chi connectivity index (χ4n) is 2.14. The summed E-state index contributed by atoms with van der Waals surface area (Å²) >= 11 is 3.35. The number of carbonyl (C=O) groups excluding carboxylic acids is 1. The van der Waals surface area contributed by atoms with Gasteiger partial charge in [-0.3, -0.25) is 4.79 Å². The largest absolute Gasteiger partial charge is 0.465 e. The second kappa shape index (κ2) is 6.06. The van der Waals surface area contributed by atoms with Gasteiger partial charge in [-0.2, -0.15) is 0 Å². The first kappa shape index (κ1) is 13.9. The Labute approximate surface area is 119 Å². The Morgan fingerprint density at radius 3 is 2.68 bits per heavy atom. The Hall–Kier alpha value is -1.56. The van der Waals surface area contributed by atoms with Crippen molar-refractivity contribution in [2.75, 3.05) is 0 Å². The number of nitrogens with one attached hydrogen (secondary N) is 1. The average molecular weight is 328 g/mol. The van der Waals surface area contributed by atoms with Gasteiger partial charge in [0.2, 0.25) is 0 Å². The SMILES string of the molecule is O=C(O)N[C@@H](Cc1ccc(Br)cc1)[C@@H]1CCC(=O)O1. The molecule has 5 nitrogen and oxygen atoms in total. The van der Waals surface area contributed by atoms with Crippen LogP contribution in [0.5, 0.6) is 0 Å². The van der Waals surface area contributed by atoms with Crippen LogP contribution in [0.4, 0.5) is 4.79 Å². The molecule has 1 heterocycles. The molecule has 0 bridgehead atoms. The highest BCUT2D eigenvalue weighted by atomic mass is 79.9. The molecule has 1 aliphatic heterocycles. The smallest absolute Gasteiger partial charge is 0.405 e. The van der Waals surface area contributed by atoms with Crippen molar-refractivity contribution in [3.05, 3.63) is 34.3 Å². The predicted octanol–water partition coefficient (Wildman–Crippen LogP) is 2.33. The first-order valence-corrected chi connectivity index (χ1v) is 6.77. The van der Waals surface area contributed by atoms with Crippen LogP contribution in [-0.4, -0.2) is 29.3 Å². The zero-order valence-corrected chi connectivity index (χ0v) is 11.7. The summed E-state index contributed by atoms with van der Waals surface area (Å²) in [7, 11) is 0. The first-order valence-electron chi connectivity index (χ1n) is 5.98. The van der Waals surface area contributed by atoms with Crippen molar-refractivity contribution < 1.29 is 19.4 Å². The third kappa shape index (κ3) is 3.96. The highest BCUT2D eigenvalue weighted by Gasteiger charge is 2.32. The number of esters is 1. The van der Waals surface area contributed by atoms with E-state index in [0.29, 0.717) is 19.3 Å². The Morgan fingerprint density at radius 1 is 1.47 bits per heavy atom. The van der Waals surface area contributed by atoms with Crippen LogP contribution in [0.1, 0.15) is 18.4 Å². The highest BCUT2D eigenvalue weighted by molar-refractivity contribution is 9.10. The molecule has 1 aromatic rings. The highest BCUT2D eigenvalue weighted by Crippen LogP contribution is 2.20. The average Bonchev–Trinajstić information content (AvgIpc) is 2.77. The van der Waals surface area contributed by atoms with Gasteiger partial charge < -0.3 is 15.2 Å². The van der Waals surface area contributed by atoms with E-state index in [9.17, 15) is 9.59 Å². The maximum Gasteiger partial charge on any atom is 0.405 e. The molecular formula is C13H14BrNO4. The number of halogens is 1. The summed E-state index contributed by atoms with van der Waals surface area (Å²) in [5.74, 6) is -0.266. The quantitative estimate of drug-likeness (QED) is 0.832. The number of hydrogen-bond acceptors (Lipinski definition) is 3. The first-order chi connectivity index (χ1) is 9.04. The summed E-state index contributed by atoms with van der Waals surface area (Å²) in [4.78, 5) is 22.0. The van der Waals surface area contributed by atoms with E-state index < -0.39 is 12.1 Å². The molecule has 1 saturated heterocycles. The molecule has 1 fully saturated rings. The third-order valence-corrected chi connectivity index (χ3v) is 3.57. The van der Waals surface area contributed by atoms with Gasteiger partial charge in [-0.05, 0) is 30.5 Å². The lowest BCUT2D eigenvalue weighted by atomic mass is 9.99. The lowest BCUT2D eigenvalue weighted by molar-refractivity contribution is -0.142. The second-order valence-electron chi connectivity index (χ2n) is 4.45. The zero-order chi connectivity index (χ0) is 13.8. The normalized spacial score (nSPS) is 19.8. The van der Waals surface area contributed by atoms with E-state index in [-0.39, 0.29) is 12.1 Å². The van der Waals surface area contributed by atoms with Gasteiger partial charge in [0, 0.05) is 10.9 Å². The molecule has 0 aliphatic carbocycles. The number of ether oxygens (including phenoxy) is 1. The monoisotopic (exact) mass is 327 g/mol. The van der Waals surface area contributed by atoms with E-state index in [2.05, 4.69) is 21.2 Å². The minimum Gasteiger partial charge on any atom is -0.465 e. The number of rotatable bonds is 4. The van der Waals surface area contributed by atoms with E-state index >= 15 is 0 Å². The van der Waals surface area contributed by atoms with Crippen LogP contribution in [0, 0.1) is 0 Å². The van der Waals surface area contributed by atoms with Crippen molar-refractivity contribution in [3.63, 3.8) is 0 Å². The molecule has 102 valence electrons. The Balaban J connectivity index is 2.07. The van der Waals surface area contributed by atoms with E-state index in [1.54, 1.807) is 0 Å². The number of cyclic esters (lactones) is 1. The van der Waals surface area contributed by atoms with Crippen molar-refractivity contribution in [1.29, 1.82) is 0 Å². The van der Waals surface area contributed by atoms with Gasteiger partial charge in [-0.25, -0.2) is 4.79 Å². The van der Waals surface area contributed by atoms with Crippen molar-refractivity contribution in [2.45, 2.75) is 31.4 Å². The number of benzene rings is 1. The van der Waals surface area contributed by atoms with Gasteiger partial charge in [0.1, 0.15) is 6.10 Å². The van der Waals surface area contributed by atoms with Crippen LogP contribution in [0.15, 0.2) is 28.7 Å². The molecule has 19 heavy (non-hydrogen) atoms. The minimum absolute atomic E-state index is 0.266. The van der Waals surface area contributed by atoms with Gasteiger partial charge in [0.25, 0.3) is 0 Å². The lowest BCUT2D eigenvalue weighted by Crippen LogP contribution is -2.44. The van der Waals surface area contributed by atoms with Crippen LogP contribution in [0.3, 0.4) is 0 Å². The third-order valence-electron chi connectivity index (χ3n) is 3.04. The molecule has 0 spiro atoms. The zero-order valence-electron chi connectivity index (χ0n) is 10.1. The molecule has 1 aromatic carbocycles. The summed E-state index contributed by atoms with van der Waals surface area (Å²) in [5, 5.41) is 11.3. The van der Waals surface area contributed by atoms with Crippen LogP contribution in [0.2, 0.25) is 0 Å². The molecule has 2 atom stereocenters. The maximum absolute atomic E-state index is 11.1. The van der Waals surface area contributed by atoms with Crippen molar-refractivity contribution in [1.82, 2.24) is 5.32 Å². The Bertz CT molecular complexity index is 474. The van der Waals surface area contributed by atoms with Gasteiger partial charge in [-0.1, -0.05) is 28.1 Å². The molecule has 1 amide bonds. The van der Waals surface area contributed by atoms with Crippen molar-refractivity contribution in [2.24, 2.45) is 0 Å². The molecule has 0 saturated carbocycles. The molecule has 0 unspecified atom stereocenters. The van der Waals surface area contributed by atoms with E-state index in [1.165, 1.54) is 0 Å². The molecule has 2 rings (SSSR count). The topological polar surface area (TPSA) is 75.6 Å². The second-order valence-corrected chi connectivity index (χ2v) is 5.37. The molecular weight excluding hydrogens is 314 g/mol. The molecule has 1 aliphatic rings. The fourth-order valence-corrected chi connectivity index (χ4v) is 2.40. The summed E-state index contributed by atoms with van der Waals surface area (Å²) in [5.41, 5.74) is 0.991. The molecule has 0 radical (unpaired) electrons. The summed E-state index contributed by atoms with van der Waals surface area (Å²) < 4.78 is 6.11. The Morgan fingerprint density at radius 2 is 2.16 bits per heavy atom. The van der Waals surface area contributed by atoms with Crippen LogP contribution >= 0.6 is 15.9 Å². The van der Waals surface area contributed by atoms with E-state index in [4.69, 9.17) is 9.84 Å². The van der Waals surface area contributed by atoms with Crippen molar-refractivity contribution in [3.8, 4) is 0 Å². The summed E-state index contributed by atoms with van der Waals surface area (Å²) in [6.07, 6.45) is -0.0852.